The number of thiazole rings is 1. The monoisotopic (exact) mass is 897 g/mol. The first kappa shape index (κ1) is 47.1. The van der Waals surface area contributed by atoms with Crippen LogP contribution in [0.3, 0.4) is 0 Å². The highest BCUT2D eigenvalue weighted by molar-refractivity contribution is 7.10. The van der Waals surface area contributed by atoms with Crippen molar-refractivity contribution in [3.63, 3.8) is 0 Å². The van der Waals surface area contributed by atoms with Crippen molar-refractivity contribution in [2.45, 2.75) is 117 Å². The Labute approximate surface area is 381 Å². The van der Waals surface area contributed by atoms with Gasteiger partial charge in [0.1, 0.15) is 18.1 Å². The fourth-order valence-corrected chi connectivity index (χ4v) is 10.6. The molecule has 0 spiro atoms. The molecule has 6 bridgehead atoms. The van der Waals surface area contributed by atoms with Crippen LogP contribution in [-0.2, 0) is 43.2 Å². The number of hydrogen-bond acceptors (Lipinski definition) is 11. The lowest BCUT2D eigenvalue weighted by atomic mass is 9.84. The summed E-state index contributed by atoms with van der Waals surface area (Å²) in [5, 5.41) is 8.23. The van der Waals surface area contributed by atoms with Crippen molar-refractivity contribution in [3.05, 3.63) is 58.2 Å². The van der Waals surface area contributed by atoms with E-state index >= 15 is 0 Å². The Morgan fingerprint density at radius 2 is 1.88 bits per heavy atom. The molecule has 2 saturated heterocycles. The van der Waals surface area contributed by atoms with E-state index in [4.69, 9.17) is 19.4 Å². The number of aromatic nitrogens is 3. The second-order valence-corrected chi connectivity index (χ2v) is 20.0. The van der Waals surface area contributed by atoms with Gasteiger partial charge in [-0.1, -0.05) is 33.8 Å². The number of aryl methyl sites for hydroxylation is 1. The van der Waals surface area contributed by atoms with Crippen molar-refractivity contribution in [1.29, 1.82) is 0 Å². The number of likely N-dealkylation sites (tertiary alicyclic amines) is 1. The molecule has 6 heterocycles. The number of carbonyl (C=O) groups is 4. The standard InChI is InChI=1S/C48H67N9O6S/c1-11-56-39-19-18-31-23-34(39)35(43(56)33-16-12-20-49-41(33)30(4)62-10)25-48(5,6)28-63-46(60)36-17-14-22-57(52-36)45(59)37(24-40-50-38(31)27-64-40)51-44(58)42(29(2)3)55(9)47(61)54(8)26-32-15-13-21-53(32)7/h12,16,18-20,23,27,29-30,32,36-37,42,52H,11,13-15,17,21-22,24-26,28H2,1-10H3,(H,51,58)/t30-,32+,36-,37-,42?/m0/s1. The quantitative estimate of drug-likeness (QED) is 0.173. The first-order valence-corrected chi connectivity index (χ1v) is 23.7. The number of nitrogens with one attached hydrogen (secondary N) is 2. The highest BCUT2D eigenvalue weighted by atomic mass is 32.1. The van der Waals surface area contributed by atoms with E-state index in [1.165, 1.54) is 21.2 Å². The molecule has 64 heavy (non-hydrogen) atoms. The van der Waals surface area contributed by atoms with Crippen LogP contribution in [0.2, 0.25) is 0 Å². The van der Waals surface area contributed by atoms with Gasteiger partial charge >= 0.3 is 12.0 Å². The molecule has 15 nitrogen and oxygen atoms in total. The van der Waals surface area contributed by atoms with Crippen LogP contribution in [0.25, 0.3) is 33.4 Å². The van der Waals surface area contributed by atoms with Crippen molar-refractivity contribution >= 4 is 46.1 Å². The van der Waals surface area contributed by atoms with E-state index in [9.17, 15) is 19.2 Å². The molecule has 3 aromatic heterocycles. The van der Waals surface area contributed by atoms with Crippen LogP contribution in [0.5, 0.6) is 0 Å². The highest BCUT2D eigenvalue weighted by Gasteiger charge is 2.39. The van der Waals surface area contributed by atoms with E-state index in [-0.39, 0.29) is 43.0 Å². The molecule has 4 aromatic rings. The molecule has 0 radical (unpaired) electrons. The topological polar surface area (TPSA) is 154 Å². The number of esters is 1. The number of urea groups is 1. The minimum atomic E-state index is -1.04. The number of pyridine rings is 1. The Morgan fingerprint density at radius 1 is 1.11 bits per heavy atom. The molecule has 1 unspecified atom stereocenters. The van der Waals surface area contributed by atoms with E-state index in [1.807, 2.05) is 32.2 Å². The van der Waals surface area contributed by atoms with E-state index in [1.54, 1.807) is 32.3 Å². The number of carbonyl (C=O) groups excluding carboxylic acids is 4. The van der Waals surface area contributed by atoms with Gasteiger partial charge in [-0.2, -0.15) is 0 Å². The molecule has 0 aliphatic carbocycles. The van der Waals surface area contributed by atoms with Crippen LogP contribution in [0.1, 0.15) is 89.6 Å². The summed E-state index contributed by atoms with van der Waals surface area (Å²) in [6, 6.07) is 7.81. The van der Waals surface area contributed by atoms with Crippen LogP contribution in [0.15, 0.2) is 41.9 Å². The molecule has 2 fully saturated rings. The zero-order valence-electron chi connectivity index (χ0n) is 39.3. The predicted molar refractivity (Wildman–Crippen MR) is 249 cm³/mol. The van der Waals surface area contributed by atoms with Gasteiger partial charge in [-0.3, -0.25) is 24.4 Å². The minimum Gasteiger partial charge on any atom is -0.464 e. The lowest BCUT2D eigenvalue weighted by Crippen LogP contribution is -2.62. The van der Waals surface area contributed by atoms with Gasteiger partial charge in [-0.25, -0.2) is 15.2 Å². The number of benzene rings is 1. The number of rotatable bonds is 10. The van der Waals surface area contributed by atoms with Crippen molar-refractivity contribution in [3.8, 4) is 22.5 Å². The van der Waals surface area contributed by atoms with Crippen molar-refractivity contribution in [2.24, 2.45) is 11.3 Å². The second-order valence-electron chi connectivity index (χ2n) is 19.0. The maximum Gasteiger partial charge on any atom is 0.324 e. The Balaban J connectivity index is 1.26. The molecule has 7 rings (SSSR count). The lowest BCUT2D eigenvalue weighted by Gasteiger charge is -2.37. The number of methoxy groups -OCH3 is 1. The molecular formula is C48H67N9O6S. The van der Waals surface area contributed by atoms with Crippen molar-refractivity contribution in [1.82, 2.24) is 45.0 Å². The Morgan fingerprint density at radius 3 is 2.58 bits per heavy atom. The number of hydrogen-bond donors (Lipinski definition) is 2. The average Bonchev–Trinajstić information content (AvgIpc) is 4.00. The third-order valence-electron chi connectivity index (χ3n) is 13.3. The number of hydrazine groups is 1. The third kappa shape index (κ3) is 9.85. The van der Waals surface area contributed by atoms with Crippen LogP contribution >= 0.6 is 11.3 Å². The normalized spacial score (nSPS) is 21.7. The van der Waals surface area contributed by atoms with Gasteiger partial charge in [0, 0.05) is 92.3 Å². The highest BCUT2D eigenvalue weighted by Crippen LogP contribution is 2.42. The van der Waals surface area contributed by atoms with Crippen molar-refractivity contribution in [2.75, 3.05) is 54.5 Å². The average molecular weight is 898 g/mol. The summed E-state index contributed by atoms with van der Waals surface area (Å²) in [6.45, 7) is 14.9. The predicted octanol–water partition coefficient (Wildman–Crippen LogP) is 6.30. The number of nitrogens with zero attached hydrogens (tertiary/aromatic N) is 7. The van der Waals surface area contributed by atoms with E-state index in [2.05, 4.69) is 72.3 Å². The zero-order valence-corrected chi connectivity index (χ0v) is 40.1. The van der Waals surface area contributed by atoms with Gasteiger partial charge < -0.3 is 34.1 Å². The molecule has 3 aliphatic heterocycles. The maximum absolute atomic E-state index is 14.6. The van der Waals surface area contributed by atoms with Gasteiger partial charge in [-0.05, 0) is 95.3 Å². The fraction of sp³-hybridized carbons (Fsp3) is 0.583. The molecular weight excluding hydrogens is 831 g/mol. The maximum atomic E-state index is 14.6. The van der Waals surface area contributed by atoms with Gasteiger partial charge in [-0.15, -0.1) is 11.3 Å². The second kappa shape index (κ2) is 19.7. The Hall–Kier alpha value is -4.90. The van der Waals surface area contributed by atoms with Gasteiger partial charge in [0.15, 0.2) is 0 Å². The summed E-state index contributed by atoms with van der Waals surface area (Å²) in [5.74, 6) is -1.52. The van der Waals surface area contributed by atoms with Gasteiger partial charge in [0.05, 0.1) is 34.8 Å². The number of ether oxygens (including phenoxy) is 2. The lowest BCUT2D eigenvalue weighted by molar-refractivity contribution is -0.155. The molecule has 3 aliphatic rings. The van der Waals surface area contributed by atoms with Crippen LogP contribution < -0.4 is 10.7 Å². The molecule has 16 heteroatoms. The Kier molecular flexibility index (Phi) is 14.5. The number of cyclic esters (lactones) is 1. The largest absolute Gasteiger partial charge is 0.464 e. The van der Waals surface area contributed by atoms with Crippen LogP contribution in [-0.4, -0.2) is 137 Å². The number of fused-ring (bicyclic) bond motifs is 6. The third-order valence-corrected chi connectivity index (χ3v) is 14.1. The summed E-state index contributed by atoms with van der Waals surface area (Å²) in [5.41, 5.74) is 9.40. The first-order valence-electron chi connectivity index (χ1n) is 22.8. The van der Waals surface area contributed by atoms with Crippen LogP contribution in [0.4, 0.5) is 4.79 Å². The molecule has 4 amide bonds. The van der Waals surface area contributed by atoms with E-state index in [0.717, 1.165) is 64.1 Å². The zero-order chi connectivity index (χ0) is 46.0. The Bertz CT molecular complexity index is 2340. The van der Waals surface area contributed by atoms with E-state index in [0.29, 0.717) is 43.9 Å². The number of amides is 4. The fourth-order valence-electron chi connectivity index (χ4n) is 9.74. The van der Waals surface area contributed by atoms with Crippen LogP contribution in [0, 0.1) is 11.3 Å². The first-order chi connectivity index (χ1) is 30.5. The number of likely N-dealkylation sites (N-methyl/N-ethyl adjacent to an activating group) is 3. The summed E-state index contributed by atoms with van der Waals surface area (Å²) in [6.07, 6.45) is 5.40. The molecule has 2 N–H and O–H groups in total. The molecule has 5 atom stereocenters. The summed E-state index contributed by atoms with van der Waals surface area (Å²) < 4.78 is 14.3. The molecule has 346 valence electrons. The minimum absolute atomic E-state index is 0.110. The molecule has 1 aromatic carbocycles. The van der Waals surface area contributed by atoms with Gasteiger partial charge in [0.2, 0.25) is 5.91 Å². The van der Waals surface area contributed by atoms with Gasteiger partial charge in [0.25, 0.3) is 5.91 Å². The van der Waals surface area contributed by atoms with E-state index < -0.39 is 35.4 Å². The summed E-state index contributed by atoms with van der Waals surface area (Å²) in [4.78, 5) is 72.1. The van der Waals surface area contributed by atoms with Crippen molar-refractivity contribution < 1.29 is 28.7 Å². The summed E-state index contributed by atoms with van der Waals surface area (Å²) in [7, 11) is 7.19. The smallest absolute Gasteiger partial charge is 0.324 e. The molecule has 0 saturated carbocycles. The SMILES string of the molecule is CCn1c(-c2cccnc2[C@H](C)OC)c2c3cc(ccc31)-c1csc(n1)C[C@H](NC(=O)C(C(C)C)N(C)C(=O)N(C)C[C@H]1CCCN1C)C(=O)N1CCC[C@H](N1)C(=O)OCC(C)(C)C2. The summed E-state index contributed by atoms with van der Waals surface area (Å²) >= 11 is 1.43.